The van der Waals surface area contributed by atoms with Crippen LogP contribution in [0.4, 0.5) is 0 Å². The Morgan fingerprint density at radius 2 is 1.88 bits per heavy atom. The van der Waals surface area contributed by atoms with E-state index in [1.807, 2.05) is 12.1 Å². The van der Waals surface area contributed by atoms with Gasteiger partial charge in [-0.05, 0) is 30.7 Å². The highest BCUT2D eigenvalue weighted by Crippen LogP contribution is 2.19. The summed E-state index contributed by atoms with van der Waals surface area (Å²) in [6, 6.07) is 6.85. The first-order chi connectivity index (χ1) is 12.0. The molecular formula is C18H28Cl2N4O2. The fourth-order valence-corrected chi connectivity index (χ4v) is 3.04. The van der Waals surface area contributed by atoms with Gasteiger partial charge in [-0.3, -0.25) is 9.59 Å². The number of rotatable bonds is 8. The van der Waals surface area contributed by atoms with E-state index in [9.17, 15) is 9.59 Å². The van der Waals surface area contributed by atoms with E-state index in [4.69, 9.17) is 11.6 Å². The molecule has 2 rings (SSSR count). The van der Waals surface area contributed by atoms with Gasteiger partial charge in [-0.1, -0.05) is 23.7 Å². The number of amides is 2. The number of carbonyl (C=O) groups excluding carboxylic acids is 2. The standard InChI is InChI=1S/C18H27ClN4O2.ClH/c1-14(24)22-17(15-3-5-16(19)6-4-15)13-18(25)21-7-2-10-23-11-8-20-9-12-23;/h3-6,17,20H,2,7-13H2,1H3,(H,21,25)(H,22,24);1H. The van der Waals surface area contributed by atoms with Crippen LogP contribution in [0.25, 0.3) is 0 Å². The summed E-state index contributed by atoms with van der Waals surface area (Å²) in [5.74, 6) is -0.222. The summed E-state index contributed by atoms with van der Waals surface area (Å²) in [5, 5.41) is 9.73. The first kappa shape index (κ1) is 22.7. The molecule has 0 radical (unpaired) electrons. The molecule has 0 saturated carbocycles. The van der Waals surface area contributed by atoms with Gasteiger partial charge < -0.3 is 20.9 Å². The second-order valence-corrected chi connectivity index (χ2v) is 6.74. The largest absolute Gasteiger partial charge is 0.356 e. The van der Waals surface area contributed by atoms with E-state index in [-0.39, 0.29) is 36.7 Å². The van der Waals surface area contributed by atoms with Crippen molar-refractivity contribution in [3.63, 3.8) is 0 Å². The number of benzene rings is 1. The Morgan fingerprint density at radius 1 is 1.23 bits per heavy atom. The third-order valence-corrected chi connectivity index (χ3v) is 4.47. The molecule has 6 nitrogen and oxygen atoms in total. The minimum absolute atomic E-state index is 0. The van der Waals surface area contributed by atoms with Gasteiger partial charge in [-0.25, -0.2) is 0 Å². The molecule has 1 aromatic carbocycles. The van der Waals surface area contributed by atoms with Crippen LogP contribution in [0.15, 0.2) is 24.3 Å². The zero-order valence-electron chi connectivity index (χ0n) is 15.1. The van der Waals surface area contributed by atoms with E-state index >= 15 is 0 Å². The van der Waals surface area contributed by atoms with Gasteiger partial charge in [-0.2, -0.15) is 0 Å². The van der Waals surface area contributed by atoms with Crippen molar-refractivity contribution in [2.24, 2.45) is 0 Å². The average Bonchev–Trinajstić information content (AvgIpc) is 2.59. The van der Waals surface area contributed by atoms with Crippen LogP contribution in [0.5, 0.6) is 0 Å². The van der Waals surface area contributed by atoms with E-state index in [1.165, 1.54) is 6.92 Å². The van der Waals surface area contributed by atoms with Gasteiger partial charge in [0.15, 0.2) is 0 Å². The molecule has 1 fully saturated rings. The Hall–Kier alpha value is -1.34. The highest BCUT2D eigenvalue weighted by molar-refractivity contribution is 6.30. The number of nitrogens with zero attached hydrogens (tertiary/aromatic N) is 1. The molecule has 0 bridgehead atoms. The lowest BCUT2D eigenvalue weighted by Gasteiger charge is -2.27. The quantitative estimate of drug-likeness (QED) is 0.579. The number of piperazine rings is 1. The fourth-order valence-electron chi connectivity index (χ4n) is 2.92. The van der Waals surface area contributed by atoms with Gasteiger partial charge in [0.05, 0.1) is 12.5 Å². The normalized spacial score (nSPS) is 15.6. The molecule has 1 atom stereocenters. The maximum Gasteiger partial charge on any atom is 0.222 e. The Morgan fingerprint density at radius 3 is 2.50 bits per heavy atom. The summed E-state index contributed by atoms with van der Waals surface area (Å²) in [6.45, 7) is 7.29. The van der Waals surface area contributed by atoms with E-state index in [0.29, 0.717) is 11.6 Å². The molecule has 26 heavy (non-hydrogen) atoms. The number of hydrogen-bond acceptors (Lipinski definition) is 4. The smallest absolute Gasteiger partial charge is 0.222 e. The number of hydrogen-bond donors (Lipinski definition) is 3. The molecule has 146 valence electrons. The van der Waals surface area contributed by atoms with Crippen LogP contribution < -0.4 is 16.0 Å². The van der Waals surface area contributed by atoms with E-state index in [2.05, 4.69) is 20.9 Å². The molecule has 0 spiro atoms. The summed E-state index contributed by atoms with van der Waals surface area (Å²) >= 11 is 5.90. The molecule has 1 unspecified atom stereocenters. The van der Waals surface area contributed by atoms with E-state index in [0.717, 1.165) is 44.7 Å². The maximum absolute atomic E-state index is 12.2. The van der Waals surface area contributed by atoms with Crippen molar-refractivity contribution < 1.29 is 9.59 Å². The molecule has 1 aliphatic rings. The lowest BCUT2D eigenvalue weighted by Crippen LogP contribution is -2.44. The molecule has 3 N–H and O–H groups in total. The number of halogens is 2. The third-order valence-electron chi connectivity index (χ3n) is 4.22. The van der Waals surface area contributed by atoms with Crippen molar-refractivity contribution in [3.8, 4) is 0 Å². The van der Waals surface area contributed by atoms with Crippen molar-refractivity contribution >= 4 is 35.8 Å². The Kier molecular flexibility index (Phi) is 10.6. The molecule has 1 aromatic rings. The minimum atomic E-state index is -0.345. The summed E-state index contributed by atoms with van der Waals surface area (Å²) in [5.41, 5.74) is 0.871. The van der Waals surface area contributed by atoms with Crippen molar-refractivity contribution in [2.45, 2.75) is 25.8 Å². The van der Waals surface area contributed by atoms with Crippen LogP contribution in [0.1, 0.15) is 31.4 Å². The lowest BCUT2D eigenvalue weighted by molar-refractivity contribution is -0.122. The molecule has 0 aromatic heterocycles. The second-order valence-electron chi connectivity index (χ2n) is 6.30. The summed E-state index contributed by atoms with van der Waals surface area (Å²) in [4.78, 5) is 26.0. The Labute approximate surface area is 166 Å². The van der Waals surface area contributed by atoms with Crippen molar-refractivity contribution in [1.29, 1.82) is 0 Å². The van der Waals surface area contributed by atoms with Crippen LogP contribution >= 0.6 is 24.0 Å². The predicted octanol–water partition coefficient (Wildman–Crippen LogP) is 1.74. The van der Waals surface area contributed by atoms with Crippen LogP contribution in [0.2, 0.25) is 5.02 Å². The molecular weight excluding hydrogens is 375 g/mol. The van der Waals surface area contributed by atoms with Crippen molar-refractivity contribution in [3.05, 3.63) is 34.9 Å². The minimum Gasteiger partial charge on any atom is -0.356 e. The Bertz CT molecular complexity index is 563. The van der Waals surface area contributed by atoms with Gasteiger partial charge in [-0.15, -0.1) is 12.4 Å². The molecule has 1 aliphatic heterocycles. The number of nitrogens with one attached hydrogen (secondary N) is 3. The highest BCUT2D eigenvalue weighted by Gasteiger charge is 2.17. The van der Waals surface area contributed by atoms with Crippen LogP contribution in [-0.2, 0) is 9.59 Å². The second kappa shape index (κ2) is 12.1. The molecule has 8 heteroatoms. The molecule has 1 saturated heterocycles. The van der Waals surface area contributed by atoms with Crippen molar-refractivity contribution in [2.75, 3.05) is 39.3 Å². The van der Waals surface area contributed by atoms with Crippen molar-refractivity contribution in [1.82, 2.24) is 20.9 Å². The fraction of sp³-hybridized carbons (Fsp3) is 0.556. The third kappa shape index (κ3) is 8.36. The van der Waals surface area contributed by atoms with E-state index in [1.54, 1.807) is 12.1 Å². The summed E-state index contributed by atoms with van der Waals surface area (Å²) in [6.07, 6.45) is 1.15. The monoisotopic (exact) mass is 402 g/mol. The Balaban J connectivity index is 0.00000338. The number of carbonyl (C=O) groups is 2. The highest BCUT2D eigenvalue weighted by atomic mass is 35.5. The topological polar surface area (TPSA) is 73.5 Å². The van der Waals surface area contributed by atoms with Gasteiger partial charge in [0, 0.05) is 44.7 Å². The SMILES string of the molecule is CC(=O)NC(CC(=O)NCCCN1CCNCC1)c1ccc(Cl)cc1.Cl. The van der Waals surface area contributed by atoms with Crippen LogP contribution in [0.3, 0.4) is 0 Å². The zero-order valence-corrected chi connectivity index (χ0v) is 16.7. The van der Waals surface area contributed by atoms with Gasteiger partial charge in [0.1, 0.15) is 0 Å². The zero-order chi connectivity index (χ0) is 18.1. The van der Waals surface area contributed by atoms with Gasteiger partial charge in [0.2, 0.25) is 11.8 Å². The van der Waals surface area contributed by atoms with Gasteiger partial charge in [0.25, 0.3) is 0 Å². The van der Waals surface area contributed by atoms with E-state index < -0.39 is 0 Å². The maximum atomic E-state index is 12.2. The summed E-state index contributed by atoms with van der Waals surface area (Å²) < 4.78 is 0. The van der Waals surface area contributed by atoms with Crippen LogP contribution in [-0.4, -0.2) is 56.0 Å². The van der Waals surface area contributed by atoms with Gasteiger partial charge >= 0.3 is 0 Å². The van der Waals surface area contributed by atoms with Crippen LogP contribution in [0, 0.1) is 0 Å². The molecule has 2 amide bonds. The summed E-state index contributed by atoms with van der Waals surface area (Å²) in [7, 11) is 0. The predicted molar refractivity (Wildman–Crippen MR) is 107 cm³/mol. The lowest BCUT2D eigenvalue weighted by atomic mass is 10.0. The first-order valence-electron chi connectivity index (χ1n) is 8.77. The molecule has 0 aliphatic carbocycles. The first-order valence-corrected chi connectivity index (χ1v) is 9.15. The molecule has 1 heterocycles. The average molecular weight is 403 g/mol.